The van der Waals surface area contributed by atoms with E-state index in [-0.39, 0.29) is 23.7 Å². The smallest absolute Gasteiger partial charge is 0.193 e. The van der Waals surface area contributed by atoms with E-state index in [9.17, 15) is 9.90 Å². The van der Waals surface area contributed by atoms with Gasteiger partial charge in [-0.15, -0.1) is 5.06 Å². The van der Waals surface area contributed by atoms with Crippen molar-refractivity contribution in [3.05, 3.63) is 65.7 Å². The van der Waals surface area contributed by atoms with Gasteiger partial charge in [-0.05, 0) is 85.1 Å². The Morgan fingerprint density at radius 1 is 0.794 bits per heavy atom. The van der Waals surface area contributed by atoms with Gasteiger partial charge in [-0.3, -0.25) is 4.79 Å². The number of aliphatic hydroxyl groups is 1. The van der Waals surface area contributed by atoms with E-state index >= 15 is 0 Å². The largest absolute Gasteiger partial charge is 0.404 e. The Labute approximate surface area is 204 Å². The first-order chi connectivity index (χ1) is 15.8. The number of rotatable bonds is 14. The SMILES string of the molecule is CN(COC(C)(C)CCC(C)(C)OCCC(C)(C)O)Oc1ccc(C(=O)c2ccccc2)cc1. The van der Waals surface area contributed by atoms with Crippen molar-refractivity contribution in [2.45, 2.75) is 77.6 Å². The fourth-order valence-corrected chi connectivity index (χ4v) is 3.22. The van der Waals surface area contributed by atoms with Crippen molar-refractivity contribution in [1.82, 2.24) is 5.06 Å². The van der Waals surface area contributed by atoms with Gasteiger partial charge < -0.3 is 19.4 Å². The van der Waals surface area contributed by atoms with E-state index in [0.717, 1.165) is 12.8 Å². The number of carbonyl (C=O) groups excluding carboxylic acids is 1. The molecule has 2 aromatic rings. The first-order valence-electron chi connectivity index (χ1n) is 11.9. The van der Waals surface area contributed by atoms with E-state index in [4.69, 9.17) is 14.3 Å². The molecule has 34 heavy (non-hydrogen) atoms. The van der Waals surface area contributed by atoms with Crippen LogP contribution in [0.4, 0.5) is 0 Å². The second-order valence-electron chi connectivity index (χ2n) is 10.6. The van der Waals surface area contributed by atoms with Gasteiger partial charge in [-0.25, -0.2) is 0 Å². The van der Waals surface area contributed by atoms with Crippen LogP contribution >= 0.6 is 0 Å². The summed E-state index contributed by atoms with van der Waals surface area (Å²) in [5, 5.41) is 11.5. The Balaban J connectivity index is 1.77. The van der Waals surface area contributed by atoms with Crippen LogP contribution in [0, 0.1) is 0 Å². The molecule has 0 bridgehead atoms. The maximum atomic E-state index is 12.5. The number of hydroxylamine groups is 2. The highest BCUT2D eigenvalue weighted by Crippen LogP contribution is 2.26. The molecule has 0 saturated carbocycles. The summed E-state index contributed by atoms with van der Waals surface area (Å²) in [5.74, 6) is 0.618. The number of ether oxygens (including phenoxy) is 2. The van der Waals surface area contributed by atoms with Crippen molar-refractivity contribution >= 4 is 5.78 Å². The monoisotopic (exact) mass is 471 g/mol. The van der Waals surface area contributed by atoms with Crippen LogP contribution in [0.1, 0.15) is 76.7 Å². The molecule has 0 fully saturated rings. The minimum atomic E-state index is -0.721. The molecular weight excluding hydrogens is 430 g/mol. The van der Waals surface area contributed by atoms with Crippen LogP contribution in [-0.4, -0.2) is 53.1 Å². The van der Waals surface area contributed by atoms with Crippen LogP contribution in [0.2, 0.25) is 0 Å². The molecule has 1 N–H and O–H groups in total. The van der Waals surface area contributed by atoms with Crippen molar-refractivity contribution in [3.63, 3.8) is 0 Å². The van der Waals surface area contributed by atoms with Gasteiger partial charge in [0.25, 0.3) is 0 Å². The second-order valence-corrected chi connectivity index (χ2v) is 10.6. The molecule has 0 aliphatic carbocycles. The molecule has 0 heterocycles. The second kappa shape index (κ2) is 11.9. The van der Waals surface area contributed by atoms with E-state index < -0.39 is 5.60 Å². The molecule has 0 atom stereocenters. The molecule has 0 saturated heterocycles. The Morgan fingerprint density at radius 2 is 1.32 bits per heavy atom. The molecule has 6 heteroatoms. The van der Waals surface area contributed by atoms with Crippen molar-refractivity contribution < 1.29 is 24.2 Å². The number of benzene rings is 2. The summed E-state index contributed by atoms with van der Waals surface area (Å²) in [6.45, 7) is 12.6. The van der Waals surface area contributed by atoms with Gasteiger partial charge in [0.1, 0.15) is 12.5 Å². The fourth-order valence-electron chi connectivity index (χ4n) is 3.22. The van der Waals surface area contributed by atoms with E-state index in [1.165, 1.54) is 0 Å². The number of carbonyl (C=O) groups is 1. The Morgan fingerprint density at radius 3 is 1.88 bits per heavy atom. The predicted molar refractivity (Wildman–Crippen MR) is 135 cm³/mol. The van der Waals surface area contributed by atoms with E-state index in [1.807, 2.05) is 37.4 Å². The zero-order valence-electron chi connectivity index (χ0n) is 21.8. The minimum Gasteiger partial charge on any atom is -0.404 e. The molecule has 0 aliphatic rings. The maximum Gasteiger partial charge on any atom is 0.193 e. The lowest BCUT2D eigenvalue weighted by molar-refractivity contribution is -0.165. The minimum absolute atomic E-state index is 0.0161. The normalized spacial score (nSPS) is 12.7. The molecule has 0 spiro atoms. The molecular formula is C28H41NO5. The van der Waals surface area contributed by atoms with Crippen molar-refractivity contribution in [2.24, 2.45) is 0 Å². The van der Waals surface area contributed by atoms with Crippen LogP contribution in [0.15, 0.2) is 54.6 Å². The van der Waals surface area contributed by atoms with Crippen molar-refractivity contribution in [2.75, 3.05) is 20.4 Å². The third-order valence-corrected chi connectivity index (χ3v) is 5.59. The van der Waals surface area contributed by atoms with Crippen LogP contribution in [0.5, 0.6) is 5.75 Å². The summed E-state index contributed by atoms with van der Waals surface area (Å²) in [7, 11) is 1.81. The van der Waals surface area contributed by atoms with Crippen LogP contribution < -0.4 is 4.84 Å². The van der Waals surface area contributed by atoms with Gasteiger partial charge in [0.15, 0.2) is 5.78 Å². The van der Waals surface area contributed by atoms with Crippen LogP contribution in [0.25, 0.3) is 0 Å². The van der Waals surface area contributed by atoms with Gasteiger partial charge in [-0.1, -0.05) is 30.3 Å². The Kier molecular flexibility index (Phi) is 9.83. The number of hydrogen-bond donors (Lipinski definition) is 1. The zero-order chi connectivity index (χ0) is 25.4. The van der Waals surface area contributed by atoms with E-state index in [1.54, 1.807) is 43.2 Å². The molecule has 0 aliphatic heterocycles. The summed E-state index contributed by atoms with van der Waals surface area (Å²) >= 11 is 0. The highest BCUT2D eigenvalue weighted by atomic mass is 16.7. The van der Waals surface area contributed by atoms with Gasteiger partial charge >= 0.3 is 0 Å². The standard InChI is InChI=1S/C28H41NO5/c1-26(2,31)19-20-32-27(3,4)17-18-28(5,6)33-21-29(7)34-24-15-13-23(14-16-24)25(30)22-11-9-8-10-12-22/h8-16,31H,17-21H2,1-7H3. The molecule has 0 amide bonds. The fraction of sp³-hybridized carbons (Fsp3) is 0.536. The lowest BCUT2D eigenvalue weighted by Gasteiger charge is -2.33. The predicted octanol–water partition coefficient (Wildman–Crippen LogP) is 5.63. The summed E-state index contributed by atoms with van der Waals surface area (Å²) in [6.07, 6.45) is 2.24. The third kappa shape index (κ3) is 10.3. The quantitative estimate of drug-likeness (QED) is 0.219. The molecule has 0 aromatic heterocycles. The van der Waals surface area contributed by atoms with Gasteiger partial charge in [0, 0.05) is 18.2 Å². The summed E-state index contributed by atoms with van der Waals surface area (Å²) in [6, 6.07) is 16.3. The number of nitrogens with zero attached hydrogens (tertiary/aromatic N) is 1. The first kappa shape index (κ1) is 28.0. The van der Waals surface area contributed by atoms with Gasteiger partial charge in [0.2, 0.25) is 0 Å². The lowest BCUT2D eigenvalue weighted by Crippen LogP contribution is -2.36. The van der Waals surface area contributed by atoms with Crippen molar-refractivity contribution in [1.29, 1.82) is 0 Å². The van der Waals surface area contributed by atoms with Crippen LogP contribution in [0.3, 0.4) is 0 Å². The average molecular weight is 472 g/mol. The lowest BCUT2D eigenvalue weighted by atomic mass is 9.93. The Bertz CT molecular complexity index is 885. The molecule has 2 aromatic carbocycles. The number of ketones is 1. The summed E-state index contributed by atoms with van der Waals surface area (Å²) < 4.78 is 12.1. The zero-order valence-corrected chi connectivity index (χ0v) is 21.8. The van der Waals surface area contributed by atoms with Gasteiger partial charge in [-0.2, -0.15) is 0 Å². The molecule has 0 unspecified atom stereocenters. The van der Waals surface area contributed by atoms with Crippen molar-refractivity contribution in [3.8, 4) is 5.75 Å². The number of hydrogen-bond acceptors (Lipinski definition) is 6. The molecule has 2 rings (SSSR count). The van der Waals surface area contributed by atoms with E-state index in [0.29, 0.717) is 29.9 Å². The highest BCUT2D eigenvalue weighted by molar-refractivity contribution is 6.08. The Hall–Kier alpha value is -2.25. The maximum absolute atomic E-state index is 12.5. The topological polar surface area (TPSA) is 68.2 Å². The highest BCUT2D eigenvalue weighted by Gasteiger charge is 2.27. The average Bonchev–Trinajstić information content (AvgIpc) is 2.76. The van der Waals surface area contributed by atoms with E-state index in [2.05, 4.69) is 27.7 Å². The van der Waals surface area contributed by atoms with Crippen LogP contribution in [-0.2, 0) is 9.47 Å². The van der Waals surface area contributed by atoms with Gasteiger partial charge in [0.05, 0.1) is 23.4 Å². The molecule has 0 radical (unpaired) electrons. The molecule has 188 valence electrons. The molecule has 6 nitrogen and oxygen atoms in total. The summed E-state index contributed by atoms with van der Waals surface area (Å²) in [4.78, 5) is 18.4. The summed E-state index contributed by atoms with van der Waals surface area (Å²) in [5.41, 5.74) is -0.102. The third-order valence-electron chi connectivity index (χ3n) is 5.59. The first-order valence-corrected chi connectivity index (χ1v) is 11.9.